The molecule has 0 spiro atoms. The van der Waals surface area contributed by atoms with Crippen molar-refractivity contribution in [1.82, 2.24) is 4.98 Å². The fourth-order valence-electron chi connectivity index (χ4n) is 3.28. The molecule has 5 heteroatoms. The summed E-state index contributed by atoms with van der Waals surface area (Å²) in [5.41, 5.74) is 2.28. The van der Waals surface area contributed by atoms with E-state index in [4.69, 9.17) is 4.74 Å². The van der Waals surface area contributed by atoms with Crippen LogP contribution in [-0.4, -0.2) is 23.1 Å². The van der Waals surface area contributed by atoms with Crippen molar-refractivity contribution < 1.29 is 9.53 Å². The van der Waals surface area contributed by atoms with Crippen LogP contribution in [0.25, 0.3) is 10.2 Å². The van der Waals surface area contributed by atoms with Gasteiger partial charge in [-0.15, -0.1) is 23.1 Å². The molecule has 158 valence electrons. The Hall–Kier alpha value is -2.63. The Morgan fingerprint density at radius 1 is 0.871 bits per heavy atom. The first kappa shape index (κ1) is 21.6. The fourth-order valence-corrected chi connectivity index (χ4v) is 5.08. The van der Waals surface area contributed by atoms with Crippen LogP contribution < -0.4 is 4.74 Å². The number of aryl methyl sites for hydroxylation is 1. The molecular weight excluding hydrogens is 422 g/mol. The first-order chi connectivity index (χ1) is 15.3. The predicted octanol–water partition coefficient (Wildman–Crippen LogP) is 7.06. The number of Topliss-reactive ketones (excluding diaryl/α,β-unsaturated/α-hetero) is 1. The smallest absolute Gasteiger partial charge is 0.228 e. The lowest BCUT2D eigenvalue weighted by Crippen LogP contribution is -2.11. The Labute approximate surface area is 191 Å². The van der Waals surface area contributed by atoms with Crippen LogP contribution in [0, 0.1) is 0 Å². The van der Waals surface area contributed by atoms with Gasteiger partial charge < -0.3 is 4.74 Å². The van der Waals surface area contributed by atoms with E-state index >= 15 is 0 Å². The quantitative estimate of drug-likeness (QED) is 0.140. The molecule has 0 saturated carbocycles. The second kappa shape index (κ2) is 11.1. The van der Waals surface area contributed by atoms with Crippen LogP contribution in [0.3, 0.4) is 0 Å². The highest BCUT2D eigenvalue weighted by molar-refractivity contribution is 7.99. The molecule has 4 aromatic rings. The van der Waals surface area contributed by atoms with Gasteiger partial charge in [-0.25, -0.2) is 4.98 Å². The van der Waals surface area contributed by atoms with Crippen LogP contribution >= 0.6 is 23.1 Å². The minimum atomic E-state index is -0.0878. The van der Waals surface area contributed by atoms with Gasteiger partial charge >= 0.3 is 0 Å². The van der Waals surface area contributed by atoms with Crippen LogP contribution in [-0.2, 0) is 6.42 Å². The SMILES string of the molecule is O=C(COc1ccc(SCCCCCc2ccccc2)cc1)c1nc2ccccc2s1. The summed E-state index contributed by atoms with van der Waals surface area (Å²) in [6.45, 7) is 0.00766. The van der Waals surface area contributed by atoms with Crippen LogP contribution in [0.5, 0.6) is 5.75 Å². The van der Waals surface area contributed by atoms with Gasteiger partial charge in [0.05, 0.1) is 10.2 Å². The zero-order valence-electron chi connectivity index (χ0n) is 17.3. The third-order valence-corrected chi connectivity index (χ3v) is 7.12. The number of para-hydroxylation sites is 1. The number of aromatic nitrogens is 1. The van der Waals surface area contributed by atoms with Crippen molar-refractivity contribution in [2.75, 3.05) is 12.4 Å². The Bertz CT molecular complexity index is 1070. The lowest BCUT2D eigenvalue weighted by Gasteiger charge is -2.06. The summed E-state index contributed by atoms with van der Waals surface area (Å²) in [5, 5.41) is 0.501. The summed E-state index contributed by atoms with van der Waals surface area (Å²) in [5.74, 6) is 1.74. The molecule has 0 unspecified atom stereocenters. The number of benzene rings is 3. The molecule has 0 fully saturated rings. The topological polar surface area (TPSA) is 39.2 Å². The molecule has 1 heterocycles. The van der Waals surface area contributed by atoms with E-state index in [0.717, 1.165) is 22.4 Å². The maximum absolute atomic E-state index is 12.4. The van der Waals surface area contributed by atoms with Gasteiger partial charge in [-0.05, 0) is 67.0 Å². The van der Waals surface area contributed by atoms with E-state index in [1.165, 1.54) is 41.1 Å². The highest BCUT2D eigenvalue weighted by Gasteiger charge is 2.13. The molecule has 0 aliphatic heterocycles. The summed E-state index contributed by atoms with van der Waals surface area (Å²) < 4.78 is 6.70. The zero-order chi connectivity index (χ0) is 21.3. The summed E-state index contributed by atoms with van der Waals surface area (Å²) in [4.78, 5) is 18.0. The normalized spacial score (nSPS) is 11.0. The molecule has 4 rings (SSSR count). The predicted molar refractivity (Wildman–Crippen MR) is 131 cm³/mol. The molecule has 3 aromatic carbocycles. The monoisotopic (exact) mass is 447 g/mol. The van der Waals surface area contributed by atoms with Crippen molar-refractivity contribution in [2.24, 2.45) is 0 Å². The Kier molecular flexibility index (Phi) is 7.75. The molecule has 31 heavy (non-hydrogen) atoms. The third kappa shape index (κ3) is 6.42. The van der Waals surface area contributed by atoms with Gasteiger partial charge in [0, 0.05) is 4.90 Å². The molecule has 0 bridgehead atoms. The lowest BCUT2D eigenvalue weighted by atomic mass is 10.1. The molecule has 1 aromatic heterocycles. The molecule has 0 aliphatic carbocycles. The number of carbonyl (C=O) groups is 1. The van der Waals surface area contributed by atoms with E-state index in [1.54, 1.807) is 0 Å². The number of ether oxygens (including phenoxy) is 1. The van der Waals surface area contributed by atoms with Gasteiger partial charge in [-0.1, -0.05) is 48.9 Å². The van der Waals surface area contributed by atoms with Crippen LogP contribution in [0.15, 0.2) is 83.8 Å². The number of carbonyl (C=O) groups excluding carboxylic acids is 1. The molecule has 0 radical (unpaired) electrons. The second-order valence-corrected chi connectivity index (χ2v) is 9.51. The van der Waals surface area contributed by atoms with Crippen molar-refractivity contribution in [3.05, 3.63) is 89.4 Å². The molecule has 3 nitrogen and oxygen atoms in total. The number of thiazole rings is 1. The minimum Gasteiger partial charge on any atom is -0.485 e. The van der Waals surface area contributed by atoms with Gasteiger partial charge in [0.1, 0.15) is 5.75 Å². The standard InChI is InChI=1S/C26H25NO2S2/c28-24(26-27-23-12-6-7-13-25(23)31-26)19-29-21-14-16-22(17-15-21)30-18-8-2-5-11-20-9-3-1-4-10-20/h1,3-4,6-7,9-10,12-17H,2,5,8,11,18-19H2. The fraction of sp³-hybridized carbons (Fsp3) is 0.231. The number of nitrogens with zero attached hydrogens (tertiary/aromatic N) is 1. The van der Waals surface area contributed by atoms with Gasteiger partial charge in [-0.3, -0.25) is 4.79 Å². The Morgan fingerprint density at radius 2 is 1.65 bits per heavy atom. The van der Waals surface area contributed by atoms with Crippen molar-refractivity contribution in [1.29, 1.82) is 0 Å². The number of hydrogen-bond donors (Lipinski definition) is 0. The van der Waals surface area contributed by atoms with Crippen molar-refractivity contribution >= 4 is 39.1 Å². The number of unbranched alkanes of at least 4 members (excludes halogenated alkanes) is 2. The van der Waals surface area contributed by atoms with Crippen molar-refractivity contribution in [3.63, 3.8) is 0 Å². The van der Waals surface area contributed by atoms with E-state index in [9.17, 15) is 4.79 Å². The van der Waals surface area contributed by atoms with Crippen LogP contribution in [0.2, 0.25) is 0 Å². The molecule has 0 saturated heterocycles. The van der Waals surface area contributed by atoms with Gasteiger partial charge in [0.25, 0.3) is 0 Å². The summed E-state index contributed by atoms with van der Waals surface area (Å²) in [6.07, 6.45) is 4.86. The molecule has 0 aliphatic rings. The average molecular weight is 448 g/mol. The number of ketones is 1. The first-order valence-corrected chi connectivity index (χ1v) is 12.4. The van der Waals surface area contributed by atoms with Crippen LogP contribution in [0.1, 0.15) is 34.6 Å². The summed E-state index contributed by atoms with van der Waals surface area (Å²) >= 11 is 3.28. The summed E-state index contributed by atoms with van der Waals surface area (Å²) in [6, 6.07) is 26.4. The number of thioether (sulfide) groups is 1. The maximum atomic E-state index is 12.4. The number of hydrogen-bond acceptors (Lipinski definition) is 5. The van der Waals surface area contributed by atoms with Gasteiger partial charge in [-0.2, -0.15) is 0 Å². The lowest BCUT2D eigenvalue weighted by molar-refractivity contribution is 0.0921. The highest BCUT2D eigenvalue weighted by atomic mass is 32.2. The Balaban J connectivity index is 1.15. The van der Waals surface area contributed by atoms with E-state index < -0.39 is 0 Å². The molecule has 0 atom stereocenters. The number of fused-ring (bicyclic) bond motifs is 1. The number of rotatable bonds is 11. The molecular formula is C26H25NO2S2. The van der Waals surface area contributed by atoms with E-state index in [1.807, 2.05) is 48.2 Å². The highest BCUT2D eigenvalue weighted by Crippen LogP contribution is 2.24. The van der Waals surface area contributed by atoms with Crippen LogP contribution in [0.4, 0.5) is 0 Å². The average Bonchev–Trinajstić information content (AvgIpc) is 3.26. The second-order valence-electron chi connectivity index (χ2n) is 7.31. The largest absolute Gasteiger partial charge is 0.485 e. The first-order valence-electron chi connectivity index (χ1n) is 10.6. The summed E-state index contributed by atoms with van der Waals surface area (Å²) in [7, 11) is 0. The Morgan fingerprint density at radius 3 is 2.45 bits per heavy atom. The molecule has 0 N–H and O–H groups in total. The van der Waals surface area contributed by atoms with E-state index in [-0.39, 0.29) is 12.4 Å². The minimum absolute atomic E-state index is 0.00766. The van der Waals surface area contributed by atoms with E-state index in [0.29, 0.717) is 10.8 Å². The molecule has 0 amide bonds. The zero-order valence-corrected chi connectivity index (χ0v) is 19.0. The third-order valence-electron chi connectivity index (χ3n) is 4.95. The maximum Gasteiger partial charge on any atom is 0.228 e. The van der Waals surface area contributed by atoms with Gasteiger partial charge in [0.2, 0.25) is 5.78 Å². The van der Waals surface area contributed by atoms with Crippen molar-refractivity contribution in [2.45, 2.75) is 30.6 Å². The van der Waals surface area contributed by atoms with Gasteiger partial charge in [0.15, 0.2) is 11.6 Å². The van der Waals surface area contributed by atoms with Crippen molar-refractivity contribution in [3.8, 4) is 5.75 Å². The van der Waals surface area contributed by atoms with E-state index in [2.05, 4.69) is 47.4 Å².